The molecule has 1 fully saturated rings. The Labute approximate surface area is 45.2 Å². The van der Waals surface area contributed by atoms with Gasteiger partial charge < -0.3 is 0 Å². The van der Waals surface area contributed by atoms with E-state index in [1.165, 1.54) is 0 Å². The molecule has 0 aromatic carbocycles. The maximum Gasteiger partial charge on any atom is 0.191 e. The van der Waals surface area contributed by atoms with E-state index in [1.54, 1.807) is 0 Å². The van der Waals surface area contributed by atoms with E-state index < -0.39 is 11.1 Å². The Kier molecular flexibility index (Phi) is 1.44. The van der Waals surface area contributed by atoms with Crippen LogP contribution in [0.1, 0.15) is 19.3 Å². The van der Waals surface area contributed by atoms with Gasteiger partial charge in [-0.05, 0) is 12.8 Å². The van der Waals surface area contributed by atoms with Crippen molar-refractivity contribution in [3.05, 3.63) is 0 Å². The van der Waals surface area contributed by atoms with Gasteiger partial charge in [0, 0.05) is 0 Å². The third kappa shape index (κ3) is 1.01. The van der Waals surface area contributed by atoms with E-state index in [9.17, 15) is 8.76 Å². The van der Waals surface area contributed by atoms with E-state index in [0.717, 1.165) is 19.3 Å². The summed E-state index contributed by atoms with van der Waals surface area (Å²) in [7, 11) is 0. The van der Waals surface area contributed by atoms with Crippen molar-refractivity contribution in [3.8, 4) is 0 Å². The molecule has 7 heavy (non-hydrogen) atoms. The Hall–Kier alpha value is 0.110. The van der Waals surface area contributed by atoms with Crippen LogP contribution in [0.3, 0.4) is 0 Å². The van der Waals surface area contributed by atoms with Crippen LogP contribution in [-0.2, 0) is 15.6 Å². The van der Waals surface area contributed by atoms with Gasteiger partial charge in [0.05, 0.1) is 5.25 Å². The number of rotatable bonds is 1. The molecule has 41 valence electrons. The first-order chi connectivity index (χ1) is 3.30. The monoisotopic (exact) mass is 119 g/mol. The highest BCUT2D eigenvalue weighted by atomic mass is 32.2. The molecule has 3 heteroatoms. The zero-order valence-corrected chi connectivity index (χ0v) is 4.74. The van der Waals surface area contributed by atoms with E-state index in [-0.39, 0.29) is 5.25 Å². The van der Waals surface area contributed by atoms with Crippen LogP contribution in [0.4, 0.5) is 0 Å². The van der Waals surface area contributed by atoms with Crippen LogP contribution < -0.4 is 0 Å². The maximum atomic E-state index is 9.98. The third-order valence-electron chi connectivity index (χ3n) is 1.32. The molecule has 0 bridgehead atoms. The normalized spacial score (nSPS) is 26.4. The Morgan fingerprint density at radius 2 is 2.00 bits per heavy atom. The van der Waals surface area contributed by atoms with Gasteiger partial charge in [-0.25, -0.2) is 4.21 Å². The highest BCUT2D eigenvalue weighted by molar-refractivity contribution is 7.79. The van der Waals surface area contributed by atoms with Gasteiger partial charge >= 0.3 is 0 Å². The van der Waals surface area contributed by atoms with E-state index in [4.69, 9.17) is 0 Å². The molecule has 0 N–H and O–H groups in total. The molecule has 0 saturated heterocycles. The van der Waals surface area contributed by atoms with Crippen LogP contribution >= 0.6 is 0 Å². The predicted octanol–water partition coefficient (Wildman–Crippen LogP) is 0.633. The van der Waals surface area contributed by atoms with Crippen molar-refractivity contribution in [2.45, 2.75) is 24.5 Å². The molecule has 1 saturated carbocycles. The van der Waals surface area contributed by atoms with Crippen LogP contribution in [0.2, 0.25) is 0 Å². The lowest BCUT2D eigenvalue weighted by molar-refractivity contribution is 0.418. The molecule has 2 nitrogen and oxygen atoms in total. The van der Waals surface area contributed by atoms with Gasteiger partial charge in [-0.3, -0.25) is 0 Å². The van der Waals surface area contributed by atoms with Gasteiger partial charge in [-0.2, -0.15) is 0 Å². The molecule has 1 rings (SSSR count). The molecule has 0 amide bonds. The molecule has 1 atom stereocenters. The average Bonchev–Trinajstić information content (AvgIpc) is 1.23. The van der Waals surface area contributed by atoms with Crippen LogP contribution in [-0.4, -0.2) is 9.46 Å². The van der Waals surface area contributed by atoms with Gasteiger partial charge in [-0.1, -0.05) is 6.42 Å². The molecule has 1 radical (unpaired) electrons. The minimum absolute atomic E-state index is 0.000000000000000222. The van der Waals surface area contributed by atoms with E-state index in [0.29, 0.717) is 0 Å². The second kappa shape index (κ2) is 1.92. The number of hydrogen-bond acceptors (Lipinski definition) is 1. The highest BCUT2D eigenvalue weighted by Crippen LogP contribution is 2.22. The molecule has 0 spiro atoms. The largest absolute Gasteiger partial charge is 0.227 e. The summed E-state index contributed by atoms with van der Waals surface area (Å²) < 4.78 is 20.0. The summed E-state index contributed by atoms with van der Waals surface area (Å²) >= 11 is -1.77. The standard InChI is InChI=1S/C4H7O2S/c5-7(6)4-2-1-3-4/h4H,1-3H2. The summed E-state index contributed by atoms with van der Waals surface area (Å²) in [5.74, 6) is 0. The van der Waals surface area contributed by atoms with Crippen molar-refractivity contribution in [2.75, 3.05) is 0 Å². The summed E-state index contributed by atoms with van der Waals surface area (Å²) in [6.07, 6.45) is 2.87. The molecule has 1 aliphatic carbocycles. The second-order valence-electron chi connectivity index (χ2n) is 1.81. The summed E-state index contributed by atoms with van der Waals surface area (Å²) in [4.78, 5) is 0. The fourth-order valence-corrected chi connectivity index (χ4v) is 1.28. The smallest absolute Gasteiger partial charge is 0.191 e. The Bertz CT molecular complexity index is 87.7. The zero-order chi connectivity index (χ0) is 5.28. The molecule has 0 aliphatic heterocycles. The lowest BCUT2D eigenvalue weighted by Gasteiger charge is -2.19. The van der Waals surface area contributed by atoms with Gasteiger partial charge in [0.1, 0.15) is 0 Å². The topological polar surface area (TPSA) is 37.0 Å². The minimum Gasteiger partial charge on any atom is -0.227 e. The van der Waals surface area contributed by atoms with Gasteiger partial charge in [0.15, 0.2) is 11.1 Å². The fourth-order valence-electron chi connectivity index (χ4n) is 0.563. The lowest BCUT2D eigenvalue weighted by atomic mass is 10.0. The quantitative estimate of drug-likeness (QED) is 0.499. The third-order valence-corrected chi connectivity index (χ3v) is 2.34. The summed E-state index contributed by atoms with van der Waals surface area (Å²) in [5, 5.41) is -0.000000000000000222. The van der Waals surface area contributed by atoms with Crippen molar-refractivity contribution in [3.63, 3.8) is 0 Å². The van der Waals surface area contributed by atoms with Gasteiger partial charge in [0.2, 0.25) is 0 Å². The lowest BCUT2D eigenvalue weighted by Crippen LogP contribution is -2.21. The summed E-state index contributed by atoms with van der Waals surface area (Å²) in [6.45, 7) is 0. The molecule has 0 heterocycles. The van der Waals surface area contributed by atoms with E-state index >= 15 is 0 Å². The van der Waals surface area contributed by atoms with E-state index in [1.807, 2.05) is 0 Å². The first-order valence-corrected chi connectivity index (χ1v) is 3.52. The average molecular weight is 119 g/mol. The molecule has 1 unspecified atom stereocenters. The SMILES string of the molecule is [O]S(=O)C1CCC1. The number of hydrogen-bond donors (Lipinski definition) is 0. The van der Waals surface area contributed by atoms with Crippen LogP contribution in [0.5, 0.6) is 0 Å². The minimum atomic E-state index is -1.77. The first-order valence-electron chi connectivity index (χ1n) is 2.39. The molecule has 1 aliphatic rings. The van der Waals surface area contributed by atoms with Crippen molar-refractivity contribution >= 4 is 11.1 Å². The van der Waals surface area contributed by atoms with Gasteiger partial charge in [0.25, 0.3) is 0 Å². The first kappa shape index (κ1) is 5.25. The maximum absolute atomic E-state index is 9.98. The van der Waals surface area contributed by atoms with Crippen molar-refractivity contribution in [2.24, 2.45) is 0 Å². The Balaban J connectivity index is 2.27. The van der Waals surface area contributed by atoms with Crippen LogP contribution in [0, 0.1) is 0 Å². The Morgan fingerprint density at radius 1 is 1.43 bits per heavy atom. The van der Waals surface area contributed by atoms with Crippen molar-refractivity contribution in [1.82, 2.24) is 0 Å². The fraction of sp³-hybridized carbons (Fsp3) is 1.00. The summed E-state index contributed by atoms with van der Waals surface area (Å²) in [5.41, 5.74) is 0. The molecular formula is C4H7O2S. The van der Waals surface area contributed by atoms with Crippen LogP contribution in [0.15, 0.2) is 0 Å². The van der Waals surface area contributed by atoms with Gasteiger partial charge in [-0.15, -0.1) is 4.55 Å². The van der Waals surface area contributed by atoms with E-state index in [2.05, 4.69) is 0 Å². The second-order valence-corrected chi connectivity index (χ2v) is 3.00. The highest BCUT2D eigenvalue weighted by Gasteiger charge is 2.23. The summed E-state index contributed by atoms with van der Waals surface area (Å²) in [6, 6.07) is 0. The Morgan fingerprint density at radius 3 is 2.00 bits per heavy atom. The molecule has 0 aromatic heterocycles. The molecule has 0 aromatic rings. The van der Waals surface area contributed by atoms with Crippen molar-refractivity contribution < 1.29 is 8.76 Å². The zero-order valence-electron chi connectivity index (χ0n) is 3.92. The van der Waals surface area contributed by atoms with Crippen molar-refractivity contribution in [1.29, 1.82) is 0 Å². The van der Waals surface area contributed by atoms with Crippen LogP contribution in [0.25, 0.3) is 0 Å². The molecular weight excluding hydrogens is 112 g/mol. The predicted molar refractivity (Wildman–Crippen MR) is 26.5 cm³/mol.